The normalized spacial score (nSPS) is 12.1. The van der Waals surface area contributed by atoms with Gasteiger partial charge in [0.1, 0.15) is 5.82 Å². The summed E-state index contributed by atoms with van der Waals surface area (Å²) in [6, 6.07) is 17.5. The van der Waals surface area contributed by atoms with E-state index in [2.05, 4.69) is 9.97 Å². The molecule has 1 aromatic heterocycles. The quantitative estimate of drug-likeness (QED) is 0.445. The number of aromatic amines is 1. The lowest BCUT2D eigenvalue weighted by Crippen LogP contribution is -2.13. The molecule has 0 saturated heterocycles. The molecule has 0 saturated carbocycles. The summed E-state index contributed by atoms with van der Waals surface area (Å²) >= 11 is 12.0. The minimum absolute atomic E-state index is 0.0820. The summed E-state index contributed by atoms with van der Waals surface area (Å²) in [7, 11) is -3.83. The van der Waals surface area contributed by atoms with Crippen LogP contribution < -0.4 is 5.14 Å². The van der Waals surface area contributed by atoms with Crippen molar-refractivity contribution in [1.29, 1.82) is 0 Å². The number of imidazole rings is 1. The molecule has 0 atom stereocenters. The largest absolute Gasteiger partial charge is 0.338 e. The molecule has 0 spiro atoms. The summed E-state index contributed by atoms with van der Waals surface area (Å²) in [5.74, 6) is 0.656. The topological polar surface area (TPSA) is 88.8 Å². The van der Waals surface area contributed by atoms with Gasteiger partial charge in [-0.2, -0.15) is 0 Å². The van der Waals surface area contributed by atoms with E-state index in [4.69, 9.17) is 28.3 Å². The predicted molar refractivity (Wildman–Crippen MR) is 118 cm³/mol. The molecule has 0 aliphatic rings. The van der Waals surface area contributed by atoms with E-state index in [1.54, 1.807) is 30.3 Å². The van der Waals surface area contributed by atoms with Crippen LogP contribution in [0, 0.1) is 0 Å². The number of sulfonamides is 1. The Morgan fingerprint density at radius 3 is 2.48 bits per heavy atom. The molecule has 5 nitrogen and oxygen atoms in total. The van der Waals surface area contributed by atoms with E-state index in [0.29, 0.717) is 21.4 Å². The van der Waals surface area contributed by atoms with Gasteiger partial charge in [-0.3, -0.25) is 0 Å². The highest BCUT2D eigenvalue weighted by molar-refractivity contribution is 7.89. The Morgan fingerprint density at radius 1 is 0.931 bits per heavy atom. The fourth-order valence-corrected chi connectivity index (χ4v) is 4.09. The van der Waals surface area contributed by atoms with Crippen LogP contribution in [0.4, 0.5) is 0 Å². The fraction of sp³-hybridized carbons (Fsp3) is 0. The molecule has 0 unspecified atom stereocenters. The molecule has 146 valence electrons. The monoisotopic (exact) mass is 443 g/mol. The van der Waals surface area contributed by atoms with Crippen LogP contribution in [-0.4, -0.2) is 18.4 Å². The fourth-order valence-electron chi connectivity index (χ4n) is 3.02. The van der Waals surface area contributed by atoms with Gasteiger partial charge in [-0.25, -0.2) is 18.5 Å². The lowest BCUT2D eigenvalue weighted by Gasteiger charge is -2.07. The average Bonchev–Trinajstić information content (AvgIpc) is 3.10. The Labute approximate surface area is 177 Å². The Bertz CT molecular complexity index is 1360. The maximum Gasteiger partial charge on any atom is 0.238 e. The summed E-state index contributed by atoms with van der Waals surface area (Å²) < 4.78 is 23.8. The molecule has 29 heavy (non-hydrogen) atoms. The first-order valence-electron chi connectivity index (χ1n) is 8.56. The lowest BCUT2D eigenvalue weighted by molar-refractivity contribution is 0.598. The Hall–Kier alpha value is -2.64. The van der Waals surface area contributed by atoms with Crippen molar-refractivity contribution in [2.45, 2.75) is 4.90 Å². The smallest absolute Gasteiger partial charge is 0.238 e. The van der Waals surface area contributed by atoms with Gasteiger partial charge in [0.05, 0.1) is 26.0 Å². The van der Waals surface area contributed by atoms with Gasteiger partial charge in [0.25, 0.3) is 0 Å². The molecule has 4 aromatic rings. The number of nitrogens with one attached hydrogen (secondary N) is 1. The molecule has 4 rings (SSSR count). The minimum atomic E-state index is -3.83. The van der Waals surface area contributed by atoms with Crippen molar-refractivity contribution in [3.63, 3.8) is 0 Å². The predicted octanol–water partition coefficient (Wildman–Crippen LogP) is 5.35. The van der Waals surface area contributed by atoms with Gasteiger partial charge in [0, 0.05) is 5.56 Å². The Morgan fingerprint density at radius 2 is 1.72 bits per heavy atom. The van der Waals surface area contributed by atoms with Crippen molar-refractivity contribution in [3.05, 3.63) is 82.1 Å². The van der Waals surface area contributed by atoms with E-state index in [1.165, 1.54) is 6.07 Å². The molecule has 0 amide bonds. The van der Waals surface area contributed by atoms with Gasteiger partial charge < -0.3 is 4.98 Å². The van der Waals surface area contributed by atoms with Crippen LogP contribution in [0.25, 0.3) is 34.3 Å². The zero-order valence-electron chi connectivity index (χ0n) is 14.9. The van der Waals surface area contributed by atoms with Gasteiger partial charge >= 0.3 is 0 Å². The highest BCUT2D eigenvalue weighted by Crippen LogP contribution is 2.29. The zero-order chi connectivity index (χ0) is 20.6. The number of aromatic nitrogens is 2. The summed E-state index contributed by atoms with van der Waals surface area (Å²) in [5.41, 5.74) is 3.70. The van der Waals surface area contributed by atoms with Crippen molar-refractivity contribution in [1.82, 2.24) is 9.97 Å². The van der Waals surface area contributed by atoms with Crippen molar-refractivity contribution in [2.75, 3.05) is 0 Å². The second kappa shape index (κ2) is 7.65. The average molecular weight is 444 g/mol. The second-order valence-corrected chi connectivity index (χ2v) is 8.75. The summed E-state index contributed by atoms with van der Waals surface area (Å²) in [6.07, 6.45) is 3.70. The Kier molecular flexibility index (Phi) is 5.19. The first-order valence-corrected chi connectivity index (χ1v) is 10.9. The molecule has 3 aromatic carbocycles. The van der Waals surface area contributed by atoms with Crippen molar-refractivity contribution in [2.24, 2.45) is 5.14 Å². The number of H-pyrrole nitrogens is 1. The highest BCUT2D eigenvalue weighted by Gasteiger charge is 2.15. The van der Waals surface area contributed by atoms with Crippen LogP contribution in [0.15, 0.2) is 65.6 Å². The lowest BCUT2D eigenvalue weighted by atomic mass is 10.1. The molecule has 0 aliphatic heterocycles. The number of nitrogens with two attached hydrogens (primary N) is 1. The van der Waals surface area contributed by atoms with Crippen LogP contribution in [-0.2, 0) is 10.0 Å². The van der Waals surface area contributed by atoms with E-state index in [9.17, 15) is 8.42 Å². The number of nitrogens with zero attached hydrogens (tertiary/aromatic N) is 1. The molecule has 0 bridgehead atoms. The molecule has 1 heterocycles. The van der Waals surface area contributed by atoms with Crippen LogP contribution in [0.1, 0.15) is 11.4 Å². The second-order valence-electron chi connectivity index (χ2n) is 6.40. The SMILES string of the molecule is NS(=O)(=O)c1ccccc1-c1ccc2nc(C=Cc3ccc(Cl)c(Cl)c3)[nH]c2c1. The van der Waals surface area contributed by atoms with Gasteiger partial charge in [-0.15, -0.1) is 0 Å². The molecule has 0 aliphatic carbocycles. The highest BCUT2D eigenvalue weighted by atomic mass is 35.5. The molecule has 8 heteroatoms. The molecule has 3 N–H and O–H groups in total. The van der Waals surface area contributed by atoms with E-state index in [1.807, 2.05) is 36.4 Å². The van der Waals surface area contributed by atoms with Crippen LogP contribution in [0.2, 0.25) is 10.0 Å². The number of hydrogen-bond acceptors (Lipinski definition) is 3. The number of primary sulfonamides is 1. The molecular formula is C21H15Cl2N3O2S. The Balaban J connectivity index is 1.70. The van der Waals surface area contributed by atoms with Gasteiger partial charge in [-0.1, -0.05) is 59.6 Å². The standard InChI is InChI=1S/C21H15Cl2N3O2S/c22-16-8-5-13(11-17(16)23)6-10-21-25-18-9-7-14(12-19(18)26-21)15-3-1-2-4-20(15)29(24,27)28/h1-12H,(H,25,26)(H2,24,27,28). The number of rotatable bonds is 4. The maximum absolute atomic E-state index is 11.9. The van der Waals surface area contributed by atoms with Crippen molar-refractivity contribution < 1.29 is 8.42 Å². The third-order valence-corrected chi connectivity index (χ3v) is 6.09. The molecule has 0 radical (unpaired) electrons. The summed E-state index contributed by atoms with van der Waals surface area (Å²) in [5, 5.41) is 6.33. The van der Waals surface area contributed by atoms with E-state index >= 15 is 0 Å². The van der Waals surface area contributed by atoms with Crippen molar-refractivity contribution in [3.8, 4) is 11.1 Å². The first-order chi connectivity index (χ1) is 13.8. The van der Waals surface area contributed by atoms with Crippen LogP contribution in [0.5, 0.6) is 0 Å². The van der Waals surface area contributed by atoms with Gasteiger partial charge in [-0.05, 0) is 47.5 Å². The van der Waals surface area contributed by atoms with Crippen LogP contribution in [0.3, 0.4) is 0 Å². The summed E-state index contributed by atoms with van der Waals surface area (Å²) in [4.78, 5) is 7.83. The van der Waals surface area contributed by atoms with Gasteiger partial charge in [0.15, 0.2) is 0 Å². The third kappa shape index (κ3) is 4.21. The number of hydrogen-bond donors (Lipinski definition) is 2. The van der Waals surface area contributed by atoms with E-state index < -0.39 is 10.0 Å². The number of halogens is 2. The van der Waals surface area contributed by atoms with Gasteiger partial charge in [0.2, 0.25) is 10.0 Å². The van der Waals surface area contributed by atoms with E-state index in [0.717, 1.165) is 22.2 Å². The zero-order valence-corrected chi connectivity index (χ0v) is 17.3. The minimum Gasteiger partial charge on any atom is -0.338 e. The third-order valence-electron chi connectivity index (χ3n) is 4.38. The maximum atomic E-state index is 11.9. The van der Waals surface area contributed by atoms with Crippen molar-refractivity contribution >= 4 is 56.4 Å². The molecular weight excluding hydrogens is 429 g/mol. The molecule has 0 fully saturated rings. The number of fused-ring (bicyclic) bond motifs is 1. The van der Waals surface area contributed by atoms with Crippen LogP contribution >= 0.6 is 23.2 Å². The van der Waals surface area contributed by atoms with E-state index in [-0.39, 0.29) is 4.90 Å². The number of benzene rings is 3. The first kappa shape index (κ1) is 19.7. The summed E-state index contributed by atoms with van der Waals surface area (Å²) in [6.45, 7) is 0.